The molecule has 0 bridgehead atoms. The summed E-state index contributed by atoms with van der Waals surface area (Å²) < 4.78 is 32.6. The molecule has 0 aliphatic carbocycles. The zero-order valence-corrected chi connectivity index (χ0v) is 14.0. The largest absolute Gasteiger partial charge is 0.480 e. The molecule has 1 aromatic heterocycles. The summed E-state index contributed by atoms with van der Waals surface area (Å²) in [5, 5.41) is 10.5. The van der Waals surface area contributed by atoms with Gasteiger partial charge in [0.1, 0.15) is 5.58 Å². The number of hydrogen-bond donors (Lipinski definition) is 2. The van der Waals surface area contributed by atoms with Crippen LogP contribution in [-0.2, 0) is 10.0 Å². The molecule has 0 unspecified atom stereocenters. The van der Waals surface area contributed by atoms with Gasteiger partial charge in [0.05, 0.1) is 10.5 Å². The van der Waals surface area contributed by atoms with Crippen molar-refractivity contribution in [3.8, 4) is 5.95 Å². The molecule has 0 aliphatic heterocycles. The number of fused-ring (bicyclic) bond motifs is 1. The highest BCUT2D eigenvalue weighted by Crippen LogP contribution is 2.33. The summed E-state index contributed by atoms with van der Waals surface area (Å²) in [6.07, 6.45) is 0. The lowest BCUT2D eigenvalue weighted by Crippen LogP contribution is -2.12. The van der Waals surface area contributed by atoms with E-state index in [1.807, 2.05) is 0 Å². The van der Waals surface area contributed by atoms with Crippen molar-refractivity contribution in [3.63, 3.8) is 0 Å². The summed E-state index contributed by atoms with van der Waals surface area (Å²) >= 11 is 0. The van der Waals surface area contributed by atoms with Crippen molar-refractivity contribution < 1.29 is 17.9 Å². The number of anilines is 1. The molecule has 0 saturated carbocycles. The second-order valence-corrected chi connectivity index (χ2v) is 6.90. The van der Waals surface area contributed by atoms with Gasteiger partial charge in [0.2, 0.25) is 0 Å². The fourth-order valence-corrected chi connectivity index (χ4v) is 3.49. The number of nitrogens with one attached hydrogen (secondary N) is 1. The summed E-state index contributed by atoms with van der Waals surface area (Å²) in [5.41, 5.74) is 1.87. The highest BCUT2D eigenvalue weighted by molar-refractivity contribution is 7.92. The van der Waals surface area contributed by atoms with Crippen molar-refractivity contribution in [2.24, 2.45) is 4.99 Å². The van der Waals surface area contributed by atoms with Crippen molar-refractivity contribution >= 4 is 32.4 Å². The third kappa shape index (κ3) is 2.85. The lowest BCUT2D eigenvalue weighted by Gasteiger charge is -2.08. The van der Waals surface area contributed by atoms with Crippen LogP contribution < -0.4 is 4.72 Å². The Balaban J connectivity index is 2.06. The maximum atomic E-state index is 12.4. The first-order valence-corrected chi connectivity index (χ1v) is 8.68. The maximum absolute atomic E-state index is 12.4. The first kappa shape index (κ1) is 16.1. The number of aliphatic imine (C=N–C) groups is 1. The summed E-state index contributed by atoms with van der Waals surface area (Å²) in [5.74, 6) is -0.240. The van der Waals surface area contributed by atoms with Crippen LogP contribution in [0, 0.1) is 0 Å². The van der Waals surface area contributed by atoms with Crippen LogP contribution >= 0.6 is 0 Å². The van der Waals surface area contributed by atoms with E-state index in [0.717, 1.165) is 0 Å². The molecule has 0 radical (unpaired) electrons. The second kappa shape index (κ2) is 6.01. The van der Waals surface area contributed by atoms with E-state index < -0.39 is 10.0 Å². The van der Waals surface area contributed by atoms with Crippen LogP contribution in [0.2, 0.25) is 0 Å². The Bertz CT molecular complexity index is 1020. The van der Waals surface area contributed by atoms with Crippen molar-refractivity contribution in [3.05, 3.63) is 54.1 Å². The quantitative estimate of drug-likeness (QED) is 0.710. The van der Waals surface area contributed by atoms with Gasteiger partial charge < -0.3 is 9.52 Å². The van der Waals surface area contributed by atoms with Crippen molar-refractivity contribution in [2.75, 3.05) is 11.8 Å². The molecule has 0 aliphatic rings. The molecule has 3 aromatic rings. The topological polar surface area (TPSA) is 91.9 Å². The van der Waals surface area contributed by atoms with E-state index in [1.165, 1.54) is 12.1 Å². The monoisotopic (exact) mass is 344 g/mol. The Morgan fingerprint density at radius 2 is 1.88 bits per heavy atom. The molecule has 0 atom stereocenters. The molecule has 2 aromatic carbocycles. The summed E-state index contributed by atoms with van der Waals surface area (Å²) in [4.78, 5) is 4.22. The van der Waals surface area contributed by atoms with E-state index >= 15 is 0 Å². The predicted molar refractivity (Wildman–Crippen MR) is 93.3 cm³/mol. The number of nitrogens with zero attached hydrogens (tertiary/aromatic N) is 1. The molecule has 0 saturated heterocycles. The van der Waals surface area contributed by atoms with Gasteiger partial charge in [-0.05, 0) is 37.3 Å². The molecule has 6 nitrogen and oxygen atoms in total. The second-order valence-electron chi connectivity index (χ2n) is 5.22. The van der Waals surface area contributed by atoms with Crippen LogP contribution in [0.5, 0.6) is 5.95 Å². The van der Waals surface area contributed by atoms with E-state index in [0.29, 0.717) is 27.9 Å². The minimum Gasteiger partial charge on any atom is -0.480 e. The summed E-state index contributed by atoms with van der Waals surface area (Å²) in [6.45, 7) is 1.74. The zero-order valence-electron chi connectivity index (χ0n) is 13.1. The fourth-order valence-electron chi connectivity index (χ4n) is 2.42. The molecule has 1 heterocycles. The van der Waals surface area contributed by atoms with E-state index in [-0.39, 0.29) is 10.8 Å². The van der Waals surface area contributed by atoms with Gasteiger partial charge in [-0.1, -0.05) is 18.2 Å². The Morgan fingerprint density at radius 3 is 2.54 bits per heavy atom. The molecule has 124 valence electrons. The first-order chi connectivity index (χ1) is 11.4. The first-order valence-electron chi connectivity index (χ1n) is 7.19. The third-order valence-electron chi connectivity index (χ3n) is 3.67. The summed E-state index contributed by atoms with van der Waals surface area (Å²) in [7, 11) is -2.08. The van der Waals surface area contributed by atoms with Gasteiger partial charge in [0.25, 0.3) is 16.0 Å². The SMILES string of the molecule is CN=C(C)c1c(O)oc2ccc(NS(=O)(=O)c3ccccc3)cc12. The number of aromatic hydroxyl groups is 1. The van der Waals surface area contributed by atoms with E-state index in [1.54, 1.807) is 50.4 Å². The molecule has 0 spiro atoms. The highest BCUT2D eigenvalue weighted by Gasteiger charge is 2.18. The van der Waals surface area contributed by atoms with Crippen LogP contribution in [0.3, 0.4) is 0 Å². The standard InChI is InChI=1S/C17H16N2O4S/c1-11(18-2)16-14-10-12(8-9-15(14)23-17(16)20)19-24(21,22)13-6-4-3-5-7-13/h3-10,19-20H,1-2H3. The molecule has 0 fully saturated rings. The summed E-state index contributed by atoms with van der Waals surface area (Å²) in [6, 6.07) is 12.9. The van der Waals surface area contributed by atoms with E-state index in [2.05, 4.69) is 9.71 Å². The molecule has 7 heteroatoms. The van der Waals surface area contributed by atoms with Crippen molar-refractivity contribution in [1.82, 2.24) is 0 Å². The lowest BCUT2D eigenvalue weighted by atomic mass is 10.1. The average Bonchev–Trinajstić information content (AvgIpc) is 2.90. The number of benzene rings is 2. The van der Waals surface area contributed by atoms with Gasteiger partial charge in [-0.15, -0.1) is 0 Å². The number of hydrogen-bond acceptors (Lipinski definition) is 5. The Morgan fingerprint density at radius 1 is 1.17 bits per heavy atom. The van der Waals surface area contributed by atoms with Crippen molar-refractivity contribution in [1.29, 1.82) is 0 Å². The zero-order chi connectivity index (χ0) is 17.3. The number of rotatable bonds is 4. The van der Waals surface area contributed by atoms with Gasteiger partial charge in [-0.25, -0.2) is 8.42 Å². The van der Waals surface area contributed by atoms with Crippen LogP contribution in [0.1, 0.15) is 12.5 Å². The number of furan rings is 1. The molecule has 24 heavy (non-hydrogen) atoms. The van der Waals surface area contributed by atoms with Gasteiger partial charge in [-0.3, -0.25) is 9.71 Å². The van der Waals surface area contributed by atoms with Crippen LogP contribution in [-0.4, -0.2) is 26.3 Å². The van der Waals surface area contributed by atoms with Crippen LogP contribution in [0.4, 0.5) is 5.69 Å². The molecule has 0 amide bonds. The minimum absolute atomic E-state index is 0.173. The van der Waals surface area contributed by atoms with Gasteiger partial charge >= 0.3 is 0 Å². The molecule has 2 N–H and O–H groups in total. The van der Waals surface area contributed by atoms with Gasteiger partial charge in [-0.2, -0.15) is 0 Å². The average molecular weight is 344 g/mol. The van der Waals surface area contributed by atoms with Gasteiger partial charge in [0, 0.05) is 23.8 Å². The van der Waals surface area contributed by atoms with Crippen LogP contribution in [0.15, 0.2) is 62.8 Å². The third-order valence-corrected chi connectivity index (χ3v) is 5.07. The molecule has 3 rings (SSSR count). The Kier molecular flexibility index (Phi) is 4.02. The smallest absolute Gasteiger partial charge is 0.292 e. The minimum atomic E-state index is -3.69. The Labute approximate surface area is 139 Å². The predicted octanol–water partition coefficient (Wildman–Crippen LogP) is 3.38. The van der Waals surface area contributed by atoms with Crippen molar-refractivity contribution in [2.45, 2.75) is 11.8 Å². The normalized spacial score (nSPS) is 12.5. The van der Waals surface area contributed by atoms with E-state index in [9.17, 15) is 13.5 Å². The molecular formula is C17H16N2O4S. The number of sulfonamides is 1. The Hall–Kier alpha value is -2.80. The van der Waals surface area contributed by atoms with E-state index in [4.69, 9.17) is 4.42 Å². The van der Waals surface area contributed by atoms with Crippen LogP contribution in [0.25, 0.3) is 11.0 Å². The maximum Gasteiger partial charge on any atom is 0.292 e. The highest BCUT2D eigenvalue weighted by atomic mass is 32.2. The fraction of sp³-hybridized carbons (Fsp3) is 0.118. The van der Waals surface area contributed by atoms with Gasteiger partial charge in [0.15, 0.2) is 0 Å². The molecular weight excluding hydrogens is 328 g/mol. The lowest BCUT2D eigenvalue weighted by molar-refractivity contribution is 0.345.